The standard InChI is InChI=1S/C15H27NO/c1-3-5-11-16(12-6-4-2)13-14-9-7-8-10-15(14)17/h13H,3-12H2,1-2H3/b14-13-. The Morgan fingerprint density at radius 2 is 1.65 bits per heavy atom. The van der Waals surface area contributed by atoms with Crippen molar-refractivity contribution in [1.29, 1.82) is 0 Å². The van der Waals surface area contributed by atoms with Crippen molar-refractivity contribution >= 4 is 5.78 Å². The van der Waals surface area contributed by atoms with Crippen LogP contribution < -0.4 is 0 Å². The van der Waals surface area contributed by atoms with Crippen molar-refractivity contribution in [2.45, 2.75) is 65.2 Å². The third-order valence-corrected chi connectivity index (χ3v) is 3.39. The van der Waals surface area contributed by atoms with Crippen LogP contribution in [0.2, 0.25) is 0 Å². The lowest BCUT2D eigenvalue weighted by Gasteiger charge is -2.23. The van der Waals surface area contributed by atoms with E-state index in [4.69, 9.17) is 0 Å². The molecule has 0 radical (unpaired) electrons. The van der Waals surface area contributed by atoms with E-state index in [0.717, 1.165) is 37.9 Å². The number of carbonyl (C=O) groups excluding carboxylic acids is 1. The zero-order valence-corrected chi connectivity index (χ0v) is 11.5. The Balaban J connectivity index is 2.54. The number of allylic oxidation sites excluding steroid dienone is 1. The highest BCUT2D eigenvalue weighted by atomic mass is 16.1. The topological polar surface area (TPSA) is 20.3 Å². The van der Waals surface area contributed by atoms with Crippen LogP contribution in [0.5, 0.6) is 0 Å². The van der Waals surface area contributed by atoms with Crippen molar-refractivity contribution in [3.63, 3.8) is 0 Å². The Morgan fingerprint density at radius 1 is 1.06 bits per heavy atom. The second-order valence-electron chi connectivity index (χ2n) is 5.03. The number of ketones is 1. The molecule has 1 rings (SSSR count). The maximum atomic E-state index is 11.8. The molecular weight excluding hydrogens is 210 g/mol. The van der Waals surface area contributed by atoms with E-state index < -0.39 is 0 Å². The van der Waals surface area contributed by atoms with Crippen LogP contribution in [0, 0.1) is 0 Å². The summed E-state index contributed by atoms with van der Waals surface area (Å²) >= 11 is 0. The van der Waals surface area contributed by atoms with E-state index in [1.165, 1.54) is 32.1 Å². The average molecular weight is 237 g/mol. The van der Waals surface area contributed by atoms with Crippen molar-refractivity contribution < 1.29 is 4.79 Å². The van der Waals surface area contributed by atoms with Gasteiger partial charge in [-0.15, -0.1) is 0 Å². The van der Waals surface area contributed by atoms with E-state index >= 15 is 0 Å². The van der Waals surface area contributed by atoms with E-state index in [2.05, 4.69) is 24.9 Å². The van der Waals surface area contributed by atoms with Crippen molar-refractivity contribution in [1.82, 2.24) is 4.90 Å². The van der Waals surface area contributed by atoms with Crippen LogP contribution in [-0.2, 0) is 4.79 Å². The fourth-order valence-electron chi connectivity index (χ4n) is 2.22. The summed E-state index contributed by atoms with van der Waals surface area (Å²) in [5.41, 5.74) is 1.07. The van der Waals surface area contributed by atoms with Gasteiger partial charge in [-0.05, 0) is 32.1 Å². The lowest BCUT2D eigenvalue weighted by molar-refractivity contribution is -0.116. The summed E-state index contributed by atoms with van der Waals surface area (Å²) in [5.74, 6) is 0.384. The molecule has 1 saturated carbocycles. The number of hydrogen-bond acceptors (Lipinski definition) is 2. The summed E-state index contributed by atoms with van der Waals surface area (Å²) in [6.07, 6.45) is 11.1. The molecule has 0 amide bonds. The largest absolute Gasteiger partial charge is 0.377 e. The van der Waals surface area contributed by atoms with E-state index in [1.807, 2.05) is 0 Å². The number of carbonyl (C=O) groups is 1. The zero-order valence-electron chi connectivity index (χ0n) is 11.5. The molecule has 0 aromatic carbocycles. The van der Waals surface area contributed by atoms with Gasteiger partial charge in [0.25, 0.3) is 0 Å². The van der Waals surface area contributed by atoms with Gasteiger partial charge >= 0.3 is 0 Å². The summed E-state index contributed by atoms with van der Waals surface area (Å²) in [4.78, 5) is 14.1. The van der Waals surface area contributed by atoms with Crippen LogP contribution in [0.1, 0.15) is 65.2 Å². The van der Waals surface area contributed by atoms with Crippen molar-refractivity contribution in [2.24, 2.45) is 0 Å². The average Bonchev–Trinajstić information content (AvgIpc) is 2.35. The smallest absolute Gasteiger partial charge is 0.160 e. The third kappa shape index (κ3) is 5.38. The molecule has 98 valence electrons. The van der Waals surface area contributed by atoms with Gasteiger partial charge in [0, 0.05) is 31.3 Å². The van der Waals surface area contributed by atoms with Crippen LogP contribution in [0.25, 0.3) is 0 Å². The van der Waals surface area contributed by atoms with E-state index in [0.29, 0.717) is 5.78 Å². The van der Waals surface area contributed by atoms with Gasteiger partial charge in [0.05, 0.1) is 0 Å². The number of unbranched alkanes of at least 4 members (excludes halogenated alkanes) is 2. The fraction of sp³-hybridized carbons (Fsp3) is 0.800. The predicted octanol–water partition coefficient (Wildman–Crippen LogP) is 3.92. The number of nitrogens with zero attached hydrogens (tertiary/aromatic N) is 1. The number of hydrogen-bond donors (Lipinski definition) is 0. The Morgan fingerprint density at radius 3 is 2.18 bits per heavy atom. The van der Waals surface area contributed by atoms with Crippen LogP contribution >= 0.6 is 0 Å². The van der Waals surface area contributed by atoms with Crippen molar-refractivity contribution in [3.8, 4) is 0 Å². The van der Waals surface area contributed by atoms with Gasteiger partial charge in [-0.2, -0.15) is 0 Å². The molecule has 1 aliphatic rings. The molecule has 0 aliphatic heterocycles. The fourth-order valence-corrected chi connectivity index (χ4v) is 2.22. The first-order valence-electron chi connectivity index (χ1n) is 7.25. The minimum Gasteiger partial charge on any atom is -0.377 e. The molecule has 0 saturated heterocycles. The first-order chi connectivity index (χ1) is 8.27. The van der Waals surface area contributed by atoms with Crippen LogP contribution in [0.15, 0.2) is 11.8 Å². The molecule has 0 N–H and O–H groups in total. The Bertz CT molecular complexity index is 250. The van der Waals surface area contributed by atoms with Crippen LogP contribution in [-0.4, -0.2) is 23.8 Å². The maximum Gasteiger partial charge on any atom is 0.160 e. The summed E-state index contributed by atoms with van der Waals surface area (Å²) < 4.78 is 0. The van der Waals surface area contributed by atoms with E-state index in [-0.39, 0.29) is 0 Å². The van der Waals surface area contributed by atoms with Crippen LogP contribution in [0.3, 0.4) is 0 Å². The third-order valence-electron chi connectivity index (χ3n) is 3.39. The second kappa shape index (κ2) is 8.32. The molecule has 2 heteroatoms. The first-order valence-corrected chi connectivity index (χ1v) is 7.25. The summed E-state index contributed by atoms with van der Waals surface area (Å²) in [6.45, 7) is 6.65. The highest BCUT2D eigenvalue weighted by Crippen LogP contribution is 2.20. The van der Waals surface area contributed by atoms with Crippen molar-refractivity contribution in [2.75, 3.05) is 13.1 Å². The summed E-state index contributed by atoms with van der Waals surface area (Å²) in [7, 11) is 0. The molecule has 0 aromatic heterocycles. The van der Waals surface area contributed by atoms with Gasteiger partial charge in [-0.1, -0.05) is 26.7 Å². The molecule has 0 unspecified atom stereocenters. The number of rotatable bonds is 7. The molecule has 2 nitrogen and oxygen atoms in total. The second-order valence-corrected chi connectivity index (χ2v) is 5.03. The minimum atomic E-state index is 0.384. The highest BCUT2D eigenvalue weighted by molar-refractivity contribution is 5.95. The number of Topliss-reactive ketones (excluding diaryl/α,β-unsaturated/α-hetero) is 1. The van der Waals surface area contributed by atoms with Gasteiger partial charge in [-0.3, -0.25) is 4.79 Å². The van der Waals surface area contributed by atoms with E-state index in [1.54, 1.807) is 0 Å². The maximum absolute atomic E-state index is 11.8. The molecule has 17 heavy (non-hydrogen) atoms. The molecule has 0 atom stereocenters. The molecule has 1 fully saturated rings. The van der Waals surface area contributed by atoms with Crippen molar-refractivity contribution in [3.05, 3.63) is 11.8 Å². The van der Waals surface area contributed by atoms with Crippen LogP contribution in [0.4, 0.5) is 0 Å². The van der Waals surface area contributed by atoms with Gasteiger partial charge in [0.1, 0.15) is 0 Å². The van der Waals surface area contributed by atoms with Gasteiger partial charge < -0.3 is 4.90 Å². The molecule has 0 spiro atoms. The minimum absolute atomic E-state index is 0.384. The monoisotopic (exact) mass is 237 g/mol. The predicted molar refractivity (Wildman–Crippen MR) is 72.9 cm³/mol. The first kappa shape index (κ1) is 14.3. The molecule has 0 heterocycles. The Labute approximate surface area is 106 Å². The molecular formula is C15H27NO. The quantitative estimate of drug-likeness (QED) is 0.626. The highest BCUT2D eigenvalue weighted by Gasteiger charge is 2.15. The normalized spacial score (nSPS) is 18.7. The molecule has 1 aliphatic carbocycles. The lowest BCUT2D eigenvalue weighted by atomic mass is 9.94. The van der Waals surface area contributed by atoms with Gasteiger partial charge in [-0.25, -0.2) is 0 Å². The molecule has 0 aromatic rings. The SMILES string of the molecule is CCCCN(/C=C1/CCCCC1=O)CCCC. The zero-order chi connectivity index (χ0) is 12.5. The Hall–Kier alpha value is -0.790. The Kier molecular flexibility index (Phi) is 6.99. The summed E-state index contributed by atoms with van der Waals surface area (Å²) in [5, 5.41) is 0. The molecule has 0 bridgehead atoms. The summed E-state index contributed by atoms with van der Waals surface area (Å²) in [6, 6.07) is 0. The van der Waals surface area contributed by atoms with E-state index in [9.17, 15) is 4.79 Å². The van der Waals surface area contributed by atoms with Gasteiger partial charge in [0.15, 0.2) is 5.78 Å². The lowest BCUT2D eigenvalue weighted by Crippen LogP contribution is -2.22. The van der Waals surface area contributed by atoms with Gasteiger partial charge in [0.2, 0.25) is 0 Å².